The van der Waals surface area contributed by atoms with Crippen LogP contribution in [0, 0.1) is 0 Å². The Morgan fingerprint density at radius 1 is 1.23 bits per heavy atom. The highest BCUT2D eigenvalue weighted by Gasteiger charge is 2.39. The van der Waals surface area contributed by atoms with Crippen molar-refractivity contribution in [1.82, 2.24) is 14.7 Å². The third kappa shape index (κ3) is 5.38. The molecular weight excluding hydrogens is 458 g/mol. The van der Waals surface area contributed by atoms with Crippen molar-refractivity contribution in [2.45, 2.75) is 76.0 Å². The number of ether oxygens (including phenoxy) is 1. The smallest absolute Gasteiger partial charge is 0.223 e. The van der Waals surface area contributed by atoms with Crippen molar-refractivity contribution in [3.8, 4) is 5.88 Å². The maximum absolute atomic E-state index is 12.7. The standard InChI is InChI=1S/C21H30ClN3O4S2/c1-6-18(25-30(26)21(3,4)5)16-11-24-20(17-12-23-19(22)10-15(16)17)29-13-8-14(9-13)31(27,28)7-2/h10-14,18,25H,6-9H2,1-5H3/t13?,14?,18?,30-/m0/s1. The van der Waals surface area contributed by atoms with Crippen molar-refractivity contribution in [3.05, 3.63) is 29.2 Å². The Hall–Kier alpha value is -1.29. The molecule has 2 heterocycles. The number of pyridine rings is 2. The summed E-state index contributed by atoms with van der Waals surface area (Å²) in [6.45, 7) is 9.43. The van der Waals surface area contributed by atoms with Gasteiger partial charge < -0.3 is 4.74 Å². The summed E-state index contributed by atoms with van der Waals surface area (Å²) in [5.74, 6) is 0.552. The van der Waals surface area contributed by atoms with E-state index in [1.165, 1.54) is 0 Å². The zero-order valence-electron chi connectivity index (χ0n) is 18.5. The second-order valence-corrected chi connectivity index (χ2v) is 13.8. The molecule has 1 unspecified atom stereocenters. The van der Waals surface area contributed by atoms with E-state index in [1.54, 1.807) is 25.4 Å². The third-order valence-corrected chi connectivity index (χ3v) is 9.59. The average Bonchev–Trinajstić information content (AvgIpc) is 2.67. The van der Waals surface area contributed by atoms with Gasteiger partial charge in [0.05, 0.1) is 26.4 Å². The van der Waals surface area contributed by atoms with Crippen LogP contribution in [0.3, 0.4) is 0 Å². The lowest BCUT2D eigenvalue weighted by Gasteiger charge is -2.34. The highest BCUT2D eigenvalue weighted by Crippen LogP contribution is 2.36. The summed E-state index contributed by atoms with van der Waals surface area (Å²) in [4.78, 5) is 8.69. The van der Waals surface area contributed by atoms with Crippen LogP contribution >= 0.6 is 11.6 Å². The Labute approximate surface area is 191 Å². The lowest BCUT2D eigenvalue weighted by atomic mass is 9.95. The van der Waals surface area contributed by atoms with Crippen LogP contribution in [0.1, 0.15) is 65.5 Å². The number of sulfone groups is 1. The van der Waals surface area contributed by atoms with Crippen LogP contribution in [-0.4, -0.2) is 44.4 Å². The van der Waals surface area contributed by atoms with E-state index in [9.17, 15) is 12.6 Å². The fraction of sp³-hybridized carbons (Fsp3) is 0.619. The van der Waals surface area contributed by atoms with Crippen LogP contribution < -0.4 is 9.46 Å². The summed E-state index contributed by atoms with van der Waals surface area (Å²) < 4.78 is 45.5. The zero-order valence-corrected chi connectivity index (χ0v) is 20.9. The normalized spacial score (nSPS) is 21.5. The van der Waals surface area contributed by atoms with Crippen molar-refractivity contribution in [2.75, 3.05) is 5.75 Å². The minimum atomic E-state index is -3.05. The average molecular weight is 488 g/mol. The summed E-state index contributed by atoms with van der Waals surface area (Å²) in [5.41, 5.74) is 0.867. The number of nitrogens with one attached hydrogen (secondary N) is 1. The molecule has 0 spiro atoms. The van der Waals surface area contributed by atoms with Gasteiger partial charge in [-0.05, 0) is 44.2 Å². The predicted octanol–water partition coefficient (Wildman–Crippen LogP) is 4.13. The van der Waals surface area contributed by atoms with E-state index in [0.717, 1.165) is 10.9 Å². The van der Waals surface area contributed by atoms with Crippen LogP contribution in [-0.2, 0) is 20.8 Å². The van der Waals surface area contributed by atoms with E-state index in [4.69, 9.17) is 16.3 Å². The van der Waals surface area contributed by atoms with Crippen molar-refractivity contribution < 1.29 is 17.4 Å². The second kappa shape index (κ2) is 9.29. The van der Waals surface area contributed by atoms with Gasteiger partial charge >= 0.3 is 0 Å². The van der Waals surface area contributed by atoms with Crippen LogP contribution in [0.2, 0.25) is 5.15 Å². The summed E-state index contributed by atoms with van der Waals surface area (Å²) in [6.07, 6.45) is 4.77. The van der Waals surface area contributed by atoms with Crippen molar-refractivity contribution in [2.24, 2.45) is 0 Å². The lowest BCUT2D eigenvalue weighted by molar-refractivity contribution is 0.119. The lowest BCUT2D eigenvalue weighted by Crippen LogP contribution is -2.43. The molecule has 3 rings (SSSR count). The SMILES string of the molecule is CCC(N[S@@](=O)C(C)(C)C)c1cnc(OC2CC(S(=O)(=O)CC)C2)c2cnc(Cl)cc12. The molecule has 0 aliphatic heterocycles. The molecule has 0 aromatic carbocycles. The van der Waals surface area contributed by atoms with E-state index >= 15 is 0 Å². The minimum absolute atomic E-state index is 0.143. The molecule has 172 valence electrons. The molecule has 1 N–H and O–H groups in total. The first kappa shape index (κ1) is 24.4. The Kier molecular flexibility index (Phi) is 7.30. The Morgan fingerprint density at radius 3 is 2.48 bits per heavy atom. The first-order chi connectivity index (χ1) is 14.5. The van der Waals surface area contributed by atoms with E-state index < -0.39 is 25.6 Å². The fourth-order valence-electron chi connectivity index (χ4n) is 3.45. The van der Waals surface area contributed by atoms with Crippen LogP contribution in [0.4, 0.5) is 0 Å². The predicted molar refractivity (Wildman–Crippen MR) is 126 cm³/mol. The number of hydrogen-bond acceptors (Lipinski definition) is 6. The molecule has 1 aliphatic carbocycles. The number of rotatable bonds is 8. The maximum atomic E-state index is 12.7. The van der Waals surface area contributed by atoms with E-state index in [-0.39, 0.29) is 23.1 Å². The third-order valence-electron chi connectivity index (χ3n) is 5.56. The summed E-state index contributed by atoms with van der Waals surface area (Å²) in [7, 11) is -4.30. The molecule has 1 saturated carbocycles. The number of nitrogens with zero attached hydrogens (tertiary/aromatic N) is 2. The largest absolute Gasteiger partial charge is 0.474 e. The fourth-order valence-corrected chi connectivity index (χ4v) is 6.00. The van der Waals surface area contributed by atoms with Crippen LogP contribution in [0.25, 0.3) is 10.8 Å². The van der Waals surface area contributed by atoms with Gasteiger partial charge in [0.1, 0.15) is 11.3 Å². The van der Waals surface area contributed by atoms with Crippen molar-refractivity contribution >= 4 is 43.2 Å². The van der Waals surface area contributed by atoms with Gasteiger partial charge in [0.25, 0.3) is 0 Å². The molecule has 2 aromatic rings. The molecule has 0 saturated heterocycles. The summed E-state index contributed by atoms with van der Waals surface area (Å²) >= 11 is 6.18. The molecule has 0 amide bonds. The molecule has 7 nitrogen and oxygen atoms in total. The van der Waals surface area contributed by atoms with Crippen molar-refractivity contribution in [1.29, 1.82) is 0 Å². The van der Waals surface area contributed by atoms with Gasteiger partial charge in [-0.3, -0.25) is 0 Å². The Bertz CT molecular complexity index is 1080. The first-order valence-corrected chi connectivity index (χ1v) is 13.7. The van der Waals surface area contributed by atoms with Gasteiger partial charge in [-0.15, -0.1) is 0 Å². The minimum Gasteiger partial charge on any atom is -0.474 e. The molecule has 0 bridgehead atoms. The van der Waals surface area contributed by atoms with Gasteiger partial charge in [-0.1, -0.05) is 25.4 Å². The number of fused-ring (bicyclic) bond motifs is 1. The van der Waals surface area contributed by atoms with Gasteiger partial charge in [-0.25, -0.2) is 27.3 Å². The highest BCUT2D eigenvalue weighted by atomic mass is 35.5. The molecule has 31 heavy (non-hydrogen) atoms. The maximum Gasteiger partial charge on any atom is 0.223 e. The summed E-state index contributed by atoms with van der Waals surface area (Å²) in [5, 5.41) is 1.52. The van der Waals surface area contributed by atoms with Gasteiger partial charge in [0, 0.05) is 37.0 Å². The monoisotopic (exact) mass is 487 g/mol. The molecule has 10 heteroatoms. The molecular formula is C21H30ClN3O4S2. The van der Waals surface area contributed by atoms with Gasteiger partial charge in [-0.2, -0.15) is 0 Å². The van der Waals surface area contributed by atoms with E-state index in [2.05, 4.69) is 14.7 Å². The molecule has 0 radical (unpaired) electrons. The highest BCUT2D eigenvalue weighted by molar-refractivity contribution is 7.92. The Morgan fingerprint density at radius 2 is 1.90 bits per heavy atom. The molecule has 1 aliphatic rings. The number of aromatic nitrogens is 2. The van der Waals surface area contributed by atoms with Crippen LogP contribution in [0.15, 0.2) is 18.5 Å². The molecule has 2 atom stereocenters. The Balaban J connectivity index is 1.89. The number of halogens is 1. The topological polar surface area (TPSA) is 98.2 Å². The van der Waals surface area contributed by atoms with E-state index in [0.29, 0.717) is 35.7 Å². The van der Waals surface area contributed by atoms with Crippen molar-refractivity contribution in [3.63, 3.8) is 0 Å². The quantitative estimate of drug-likeness (QED) is 0.562. The van der Waals surface area contributed by atoms with Gasteiger partial charge in [0.15, 0.2) is 9.84 Å². The number of hydrogen-bond donors (Lipinski definition) is 1. The van der Waals surface area contributed by atoms with E-state index in [1.807, 2.05) is 27.7 Å². The second-order valence-electron chi connectivity index (χ2n) is 8.82. The van der Waals surface area contributed by atoms with Gasteiger partial charge in [0.2, 0.25) is 5.88 Å². The zero-order chi connectivity index (χ0) is 23.0. The summed E-state index contributed by atoms with van der Waals surface area (Å²) in [6, 6.07) is 1.57. The van der Waals surface area contributed by atoms with Crippen LogP contribution in [0.5, 0.6) is 5.88 Å². The molecule has 1 fully saturated rings. The first-order valence-electron chi connectivity index (χ1n) is 10.5. The molecule has 2 aromatic heterocycles.